The second kappa shape index (κ2) is 6.38. The molecular weight excluding hydrogens is 303 g/mol. The van der Waals surface area contributed by atoms with E-state index >= 15 is 0 Å². The van der Waals surface area contributed by atoms with Gasteiger partial charge in [0.25, 0.3) is 5.89 Å². The van der Waals surface area contributed by atoms with Crippen molar-refractivity contribution in [2.75, 3.05) is 11.5 Å². The fraction of sp³-hybridized carbons (Fsp3) is 0.385. The molecular formula is C13H14F3N3OS. The van der Waals surface area contributed by atoms with Crippen LogP contribution in [0.4, 0.5) is 18.9 Å². The summed E-state index contributed by atoms with van der Waals surface area (Å²) < 4.78 is 42.8. The summed E-state index contributed by atoms with van der Waals surface area (Å²) in [5, 5.41) is 3.79. The zero-order chi connectivity index (χ0) is 15.5. The summed E-state index contributed by atoms with van der Waals surface area (Å²) in [5.74, 6) is 2.21. The number of nitrogen functional groups attached to an aromatic ring is 1. The van der Waals surface area contributed by atoms with Gasteiger partial charge in [0.2, 0.25) is 0 Å². The van der Waals surface area contributed by atoms with Gasteiger partial charge in [-0.2, -0.15) is 29.9 Å². The molecule has 0 aliphatic rings. The highest BCUT2D eigenvalue weighted by Gasteiger charge is 2.31. The van der Waals surface area contributed by atoms with E-state index in [2.05, 4.69) is 17.1 Å². The number of benzene rings is 1. The van der Waals surface area contributed by atoms with Crippen molar-refractivity contribution < 1.29 is 17.7 Å². The molecule has 1 aromatic heterocycles. The molecule has 0 saturated heterocycles. The Labute approximate surface area is 123 Å². The minimum atomic E-state index is -4.43. The van der Waals surface area contributed by atoms with Crippen molar-refractivity contribution in [3.05, 3.63) is 29.6 Å². The highest BCUT2D eigenvalue weighted by Crippen LogP contribution is 2.34. The molecule has 21 heavy (non-hydrogen) atoms. The molecule has 114 valence electrons. The van der Waals surface area contributed by atoms with Gasteiger partial charge in [-0.05, 0) is 30.4 Å². The number of anilines is 1. The monoisotopic (exact) mass is 317 g/mol. The van der Waals surface area contributed by atoms with Crippen molar-refractivity contribution in [3.63, 3.8) is 0 Å². The number of halogens is 3. The second-order valence-corrected chi connectivity index (χ2v) is 5.47. The highest BCUT2D eigenvalue weighted by molar-refractivity contribution is 7.98. The van der Waals surface area contributed by atoms with Crippen molar-refractivity contribution >= 4 is 17.4 Å². The topological polar surface area (TPSA) is 64.9 Å². The summed E-state index contributed by atoms with van der Waals surface area (Å²) in [6.45, 7) is 2.07. The summed E-state index contributed by atoms with van der Waals surface area (Å²) in [6.07, 6.45) is -3.38. The number of hydrogen-bond acceptors (Lipinski definition) is 5. The van der Waals surface area contributed by atoms with Gasteiger partial charge in [0.05, 0.1) is 16.9 Å². The first-order valence-electron chi connectivity index (χ1n) is 6.29. The Balaban J connectivity index is 2.19. The lowest BCUT2D eigenvalue weighted by Gasteiger charge is -2.08. The summed E-state index contributed by atoms with van der Waals surface area (Å²) in [5.41, 5.74) is 5.11. The van der Waals surface area contributed by atoms with Crippen LogP contribution in [0.2, 0.25) is 0 Å². The van der Waals surface area contributed by atoms with Crippen LogP contribution >= 0.6 is 11.8 Å². The molecule has 0 atom stereocenters. The number of nitrogens with zero attached hydrogens (tertiary/aromatic N) is 2. The number of nitrogens with two attached hydrogens (primary N) is 1. The van der Waals surface area contributed by atoms with Gasteiger partial charge in [-0.15, -0.1) is 0 Å². The van der Waals surface area contributed by atoms with Gasteiger partial charge in [0.1, 0.15) is 0 Å². The molecule has 0 amide bonds. The van der Waals surface area contributed by atoms with Gasteiger partial charge in [-0.1, -0.05) is 12.1 Å². The molecule has 4 nitrogen and oxygen atoms in total. The van der Waals surface area contributed by atoms with E-state index in [1.165, 1.54) is 6.07 Å². The molecule has 0 bridgehead atoms. The van der Waals surface area contributed by atoms with Crippen LogP contribution in [0.3, 0.4) is 0 Å². The maximum atomic E-state index is 12.6. The molecule has 2 N–H and O–H groups in total. The van der Waals surface area contributed by atoms with Crippen LogP contribution in [0.25, 0.3) is 11.5 Å². The average molecular weight is 317 g/mol. The Morgan fingerprint density at radius 2 is 2.10 bits per heavy atom. The molecule has 0 saturated carbocycles. The Hall–Kier alpha value is -1.70. The molecule has 2 rings (SSSR count). The van der Waals surface area contributed by atoms with Crippen LogP contribution in [-0.2, 0) is 11.9 Å². The number of thioether (sulfide) groups is 1. The van der Waals surface area contributed by atoms with Crippen LogP contribution in [-0.4, -0.2) is 15.9 Å². The molecule has 8 heteroatoms. The van der Waals surface area contributed by atoms with Crippen molar-refractivity contribution in [2.24, 2.45) is 0 Å². The van der Waals surface area contributed by atoms with Crippen LogP contribution in [0.5, 0.6) is 0 Å². The molecule has 0 fully saturated rings. The first-order valence-corrected chi connectivity index (χ1v) is 7.44. The standard InChI is InChI=1S/C13H14F3N3OS/c1-2-5-21-7-11-18-12(20-19-11)9-4-3-8(6-10(9)17)13(14,15)16/h3-4,6H,2,5,7,17H2,1H3. The average Bonchev–Trinajstić information content (AvgIpc) is 2.86. The molecule has 1 heterocycles. The Morgan fingerprint density at radius 3 is 2.71 bits per heavy atom. The lowest BCUT2D eigenvalue weighted by Crippen LogP contribution is -2.06. The Morgan fingerprint density at radius 1 is 1.33 bits per heavy atom. The summed E-state index contributed by atoms with van der Waals surface area (Å²) in [7, 11) is 0. The quantitative estimate of drug-likeness (QED) is 0.667. The van der Waals surface area contributed by atoms with Crippen LogP contribution < -0.4 is 5.73 Å². The Kier molecular flexibility index (Phi) is 4.76. The molecule has 1 aromatic carbocycles. The third-order valence-corrected chi connectivity index (χ3v) is 3.82. The third-order valence-electron chi connectivity index (χ3n) is 2.66. The van der Waals surface area contributed by atoms with E-state index in [-0.39, 0.29) is 11.6 Å². The van der Waals surface area contributed by atoms with Gasteiger partial charge in [0, 0.05) is 5.69 Å². The van der Waals surface area contributed by atoms with Gasteiger partial charge >= 0.3 is 6.18 Å². The summed E-state index contributed by atoms with van der Waals surface area (Å²) in [4.78, 5) is 4.15. The van der Waals surface area contributed by atoms with Gasteiger partial charge in [-0.25, -0.2) is 0 Å². The third kappa shape index (κ3) is 3.90. The molecule has 0 aliphatic heterocycles. The van der Waals surface area contributed by atoms with E-state index in [0.717, 1.165) is 24.3 Å². The van der Waals surface area contributed by atoms with Crippen molar-refractivity contribution in [2.45, 2.75) is 25.3 Å². The zero-order valence-corrected chi connectivity index (χ0v) is 12.1. The van der Waals surface area contributed by atoms with E-state index in [9.17, 15) is 13.2 Å². The number of hydrogen-bond donors (Lipinski definition) is 1. The van der Waals surface area contributed by atoms with Crippen molar-refractivity contribution in [1.29, 1.82) is 0 Å². The first kappa shape index (κ1) is 15.7. The van der Waals surface area contributed by atoms with Crippen LogP contribution in [0.1, 0.15) is 24.7 Å². The van der Waals surface area contributed by atoms with Gasteiger partial charge < -0.3 is 10.3 Å². The predicted molar refractivity (Wildman–Crippen MR) is 75.6 cm³/mol. The minimum absolute atomic E-state index is 0.0405. The molecule has 0 radical (unpaired) electrons. The maximum absolute atomic E-state index is 12.6. The summed E-state index contributed by atoms with van der Waals surface area (Å²) in [6, 6.07) is 3.06. The van der Waals surface area contributed by atoms with Crippen LogP contribution in [0.15, 0.2) is 22.7 Å². The van der Waals surface area contributed by atoms with Gasteiger partial charge in [0.15, 0.2) is 5.82 Å². The fourth-order valence-electron chi connectivity index (χ4n) is 1.66. The fourth-order valence-corrected chi connectivity index (χ4v) is 2.40. The number of aromatic nitrogens is 2. The van der Waals surface area contributed by atoms with E-state index < -0.39 is 11.7 Å². The van der Waals surface area contributed by atoms with E-state index in [4.69, 9.17) is 10.3 Å². The van der Waals surface area contributed by atoms with E-state index in [1.807, 2.05) is 0 Å². The molecule has 2 aromatic rings. The lowest BCUT2D eigenvalue weighted by atomic mass is 10.1. The molecule has 0 aliphatic carbocycles. The number of rotatable bonds is 5. The van der Waals surface area contributed by atoms with E-state index in [0.29, 0.717) is 17.1 Å². The predicted octanol–water partition coefficient (Wildman–Crippen LogP) is 3.98. The SMILES string of the molecule is CCCSCc1noc(-c2ccc(C(F)(F)F)cc2N)n1. The van der Waals surface area contributed by atoms with Crippen molar-refractivity contribution in [3.8, 4) is 11.5 Å². The minimum Gasteiger partial charge on any atom is -0.398 e. The second-order valence-electron chi connectivity index (χ2n) is 4.37. The van der Waals surface area contributed by atoms with Crippen molar-refractivity contribution in [1.82, 2.24) is 10.1 Å². The molecule has 0 unspecified atom stereocenters. The lowest BCUT2D eigenvalue weighted by molar-refractivity contribution is -0.137. The van der Waals surface area contributed by atoms with E-state index in [1.54, 1.807) is 11.8 Å². The largest absolute Gasteiger partial charge is 0.416 e. The Bertz CT molecular complexity index is 613. The zero-order valence-electron chi connectivity index (χ0n) is 11.3. The van der Waals surface area contributed by atoms with Crippen LogP contribution in [0, 0.1) is 0 Å². The number of alkyl halides is 3. The first-order chi connectivity index (χ1) is 9.91. The highest BCUT2D eigenvalue weighted by atomic mass is 32.2. The summed E-state index contributed by atoms with van der Waals surface area (Å²) >= 11 is 1.66. The molecule has 0 spiro atoms. The smallest absolute Gasteiger partial charge is 0.398 e. The maximum Gasteiger partial charge on any atom is 0.416 e. The van der Waals surface area contributed by atoms with Gasteiger partial charge in [-0.3, -0.25) is 0 Å². The normalized spacial score (nSPS) is 11.8.